The maximum Gasteiger partial charge on any atom is 0.295 e. The molecule has 26 heavy (non-hydrogen) atoms. The Morgan fingerprint density at radius 1 is 0.962 bits per heavy atom. The Labute approximate surface area is 146 Å². The van der Waals surface area contributed by atoms with E-state index in [-0.39, 0.29) is 22.3 Å². The number of fused-ring (bicyclic) bond motifs is 2. The number of aromatic amines is 1. The van der Waals surface area contributed by atoms with Crippen LogP contribution in [0.1, 0.15) is 5.69 Å². The summed E-state index contributed by atoms with van der Waals surface area (Å²) in [5.41, 5.74) is 0.380. The lowest BCUT2D eigenvalue weighted by molar-refractivity contribution is 0.453. The number of nitrogens with zero attached hydrogens (tertiary/aromatic N) is 3. The van der Waals surface area contributed by atoms with E-state index in [1.807, 2.05) is 0 Å². The fraction of sp³-hybridized carbons (Fsp3) is 0.0714. The summed E-state index contributed by atoms with van der Waals surface area (Å²) >= 11 is 0. The van der Waals surface area contributed by atoms with Gasteiger partial charge in [0.1, 0.15) is 0 Å². The summed E-state index contributed by atoms with van der Waals surface area (Å²) in [5, 5.41) is 1.23. The van der Waals surface area contributed by atoms with Gasteiger partial charge in [-0.05, 0) is 30.4 Å². The molecule has 0 radical (unpaired) electrons. The number of imidazole rings is 1. The molecule has 0 unspecified atom stereocenters. The van der Waals surface area contributed by atoms with Crippen molar-refractivity contribution in [2.45, 2.75) is 4.08 Å². The third kappa shape index (κ3) is 2.34. The highest BCUT2D eigenvalue weighted by atomic mass is 32.3. The van der Waals surface area contributed by atoms with Crippen LogP contribution in [0.4, 0.5) is 0 Å². The first-order valence-electron chi connectivity index (χ1n) is 7.10. The van der Waals surface area contributed by atoms with Crippen LogP contribution in [-0.4, -0.2) is 40.0 Å². The molecule has 0 saturated heterocycles. The van der Waals surface area contributed by atoms with Gasteiger partial charge in [0, 0.05) is 0 Å². The van der Waals surface area contributed by atoms with E-state index in [2.05, 4.69) is 20.0 Å². The highest BCUT2D eigenvalue weighted by Gasteiger charge is 2.52. The third-order valence-corrected chi connectivity index (χ3v) is 7.32. The van der Waals surface area contributed by atoms with Gasteiger partial charge >= 0.3 is 0 Å². The average Bonchev–Trinajstić information content (AvgIpc) is 3.15. The van der Waals surface area contributed by atoms with E-state index in [1.165, 1.54) is 0 Å². The van der Waals surface area contributed by atoms with Crippen LogP contribution < -0.4 is 21.5 Å². The summed E-state index contributed by atoms with van der Waals surface area (Å²) in [5.74, 6) is 0.228. The molecule has 1 aromatic heterocycles. The van der Waals surface area contributed by atoms with Crippen molar-refractivity contribution in [2.24, 2.45) is 9.98 Å². The van der Waals surface area contributed by atoms with Crippen LogP contribution >= 0.6 is 0 Å². The second-order valence-corrected chi connectivity index (χ2v) is 9.08. The molecule has 1 aliphatic carbocycles. The van der Waals surface area contributed by atoms with Gasteiger partial charge in [-0.25, -0.2) is 15.0 Å². The largest absolute Gasteiger partial charge is 0.335 e. The van der Waals surface area contributed by atoms with Gasteiger partial charge in [0.05, 0.1) is 21.8 Å². The predicted octanol–water partition coefficient (Wildman–Crippen LogP) is -2.29. The zero-order chi connectivity index (χ0) is 18.7. The fourth-order valence-corrected chi connectivity index (χ4v) is 4.73. The minimum atomic E-state index is -5.22. The molecule has 1 aliphatic heterocycles. The van der Waals surface area contributed by atoms with Crippen LogP contribution in [-0.2, 0) is 20.2 Å². The number of aromatic nitrogens is 2. The predicted molar refractivity (Wildman–Crippen MR) is 89.3 cm³/mol. The van der Waals surface area contributed by atoms with Gasteiger partial charge in [0.15, 0.2) is 11.3 Å². The van der Waals surface area contributed by atoms with E-state index < -0.39 is 24.3 Å². The van der Waals surface area contributed by atoms with E-state index >= 15 is 0 Å². The molecule has 0 bridgehead atoms. The molecule has 2 aliphatic rings. The number of hydrogen-bond donors (Lipinski definition) is 3. The second kappa shape index (κ2) is 5.17. The quantitative estimate of drug-likeness (QED) is 0.483. The van der Waals surface area contributed by atoms with Crippen LogP contribution in [0.25, 0.3) is 18.0 Å². The van der Waals surface area contributed by atoms with Crippen LogP contribution in [0.15, 0.2) is 40.3 Å². The van der Waals surface area contributed by atoms with Gasteiger partial charge < -0.3 is 4.98 Å². The van der Waals surface area contributed by atoms with Gasteiger partial charge in [-0.2, -0.15) is 16.8 Å². The van der Waals surface area contributed by atoms with Gasteiger partial charge in [-0.1, -0.05) is 12.1 Å². The normalized spacial score (nSPS) is 17.7. The van der Waals surface area contributed by atoms with Crippen molar-refractivity contribution < 1.29 is 25.9 Å². The van der Waals surface area contributed by atoms with Crippen molar-refractivity contribution in [1.29, 1.82) is 0 Å². The molecule has 0 fully saturated rings. The van der Waals surface area contributed by atoms with Gasteiger partial charge in [-0.15, -0.1) is 0 Å². The number of benzene rings is 1. The van der Waals surface area contributed by atoms with Gasteiger partial charge in [-0.3, -0.25) is 9.11 Å². The summed E-state index contributed by atoms with van der Waals surface area (Å²) < 4.78 is 62.2. The number of H-pyrrole nitrogens is 1. The summed E-state index contributed by atoms with van der Waals surface area (Å²) in [6.45, 7) is 0. The van der Waals surface area contributed by atoms with Crippen molar-refractivity contribution in [3.63, 3.8) is 0 Å². The Morgan fingerprint density at radius 2 is 1.54 bits per heavy atom. The Kier molecular flexibility index (Phi) is 3.34. The number of nitrogens with one attached hydrogen (secondary N) is 1. The number of rotatable bonds is 2. The first-order chi connectivity index (χ1) is 12.1. The topological polar surface area (TPSA) is 162 Å². The molecule has 0 amide bonds. The molecule has 2 aromatic rings. The fourth-order valence-electron chi connectivity index (χ4n) is 2.65. The zero-order valence-electron chi connectivity index (χ0n) is 12.7. The minimum Gasteiger partial charge on any atom is -0.335 e. The summed E-state index contributed by atoms with van der Waals surface area (Å²) in [4.78, 5) is 15.5. The molecular weight excluding hydrogens is 384 g/mol. The van der Waals surface area contributed by atoms with E-state index in [0.29, 0.717) is 22.9 Å². The van der Waals surface area contributed by atoms with Crippen molar-refractivity contribution in [1.82, 2.24) is 9.97 Å². The van der Waals surface area contributed by atoms with Crippen molar-refractivity contribution in [2.75, 3.05) is 0 Å². The van der Waals surface area contributed by atoms with E-state index in [9.17, 15) is 25.9 Å². The van der Waals surface area contributed by atoms with E-state index in [1.54, 1.807) is 24.3 Å². The Morgan fingerprint density at radius 3 is 2.08 bits per heavy atom. The van der Waals surface area contributed by atoms with Crippen molar-refractivity contribution in [3.8, 4) is 0 Å². The highest BCUT2D eigenvalue weighted by Crippen LogP contribution is 2.29. The molecule has 1 aromatic carbocycles. The first-order valence-corrected chi connectivity index (χ1v) is 9.98. The summed E-state index contributed by atoms with van der Waals surface area (Å²) in [6.07, 6.45) is 2.39. The molecule has 2 heterocycles. The summed E-state index contributed by atoms with van der Waals surface area (Å²) in [7, 11) is -10.4. The maximum atomic E-state index is 11.6. The van der Waals surface area contributed by atoms with Crippen LogP contribution in [0.5, 0.6) is 0 Å². The minimum absolute atomic E-state index is 0.0217. The van der Waals surface area contributed by atoms with Gasteiger partial charge in [0.2, 0.25) is 0 Å². The highest BCUT2D eigenvalue weighted by molar-refractivity contribution is 8.06. The van der Waals surface area contributed by atoms with E-state index in [0.717, 1.165) is 6.08 Å². The molecule has 134 valence electrons. The number of hydrogen-bond acceptors (Lipinski definition) is 7. The molecule has 12 heteroatoms. The maximum absolute atomic E-state index is 11.6. The monoisotopic (exact) mass is 394 g/mol. The molecule has 0 saturated carbocycles. The van der Waals surface area contributed by atoms with Crippen molar-refractivity contribution in [3.05, 3.63) is 57.6 Å². The van der Waals surface area contributed by atoms with Gasteiger partial charge in [0.25, 0.3) is 24.3 Å². The lowest BCUT2D eigenvalue weighted by Crippen LogP contribution is -2.45. The van der Waals surface area contributed by atoms with Crippen molar-refractivity contribution >= 4 is 38.2 Å². The first kappa shape index (κ1) is 16.8. The molecule has 0 spiro atoms. The molecule has 10 nitrogen and oxygen atoms in total. The zero-order valence-corrected chi connectivity index (χ0v) is 14.4. The Bertz CT molecular complexity index is 1370. The average molecular weight is 394 g/mol. The molecular formula is C14H10N4O6S2. The standard InChI is InChI=1S/C14H10N4O6S2/c19-25(20,21)14(26(22,23)24)6-5-10-11(7-14)18-13(17-10)12-15-8-3-1-2-4-9(8)16-12/h1-7,18H,(H,19,20,21)(H,22,23,24). The lowest BCUT2D eigenvalue weighted by atomic mass is 10.2. The van der Waals surface area contributed by atoms with E-state index in [4.69, 9.17) is 0 Å². The third-order valence-electron chi connectivity index (χ3n) is 3.93. The Hall–Kier alpha value is -2.67. The van der Waals surface area contributed by atoms with Crippen LogP contribution in [0, 0.1) is 0 Å². The van der Waals surface area contributed by atoms with Crippen LogP contribution in [0.3, 0.4) is 0 Å². The second-order valence-electron chi connectivity index (χ2n) is 5.57. The number of para-hydroxylation sites is 2. The smallest absolute Gasteiger partial charge is 0.295 e. The Balaban J connectivity index is 2.02. The summed E-state index contributed by atoms with van der Waals surface area (Å²) in [6, 6.07) is 7.08. The molecule has 4 rings (SSSR count). The SMILES string of the molecule is O=S(=O)(O)C1(S(=O)(=O)O)C=Cc2nc(=C3N=c4ccccc4=N3)[nH]c2=C1. The van der Waals surface area contributed by atoms with Crippen LogP contribution in [0.2, 0.25) is 0 Å². The molecule has 3 N–H and O–H groups in total. The molecule has 0 atom stereocenters. The lowest BCUT2D eigenvalue weighted by Gasteiger charge is -2.21.